The number of methoxy groups -OCH3 is 1. The zero-order chi connectivity index (χ0) is 14.3. The fourth-order valence-corrected chi connectivity index (χ4v) is 1.77. The SMILES string of the molecule is CCOc1cccc(CNC(C)C(=O)NC)c1OC. The summed E-state index contributed by atoms with van der Waals surface area (Å²) in [7, 11) is 3.24. The Hall–Kier alpha value is -1.75. The fourth-order valence-electron chi connectivity index (χ4n) is 1.77. The fraction of sp³-hybridized carbons (Fsp3) is 0.500. The molecule has 0 saturated carbocycles. The quantitative estimate of drug-likeness (QED) is 0.781. The molecule has 1 aromatic rings. The van der Waals surface area contributed by atoms with Gasteiger partial charge in [0.15, 0.2) is 11.5 Å². The maximum atomic E-state index is 11.4. The van der Waals surface area contributed by atoms with E-state index in [0.717, 1.165) is 11.3 Å². The van der Waals surface area contributed by atoms with Gasteiger partial charge in [-0.05, 0) is 19.9 Å². The molecule has 5 nitrogen and oxygen atoms in total. The number of nitrogens with one attached hydrogen (secondary N) is 2. The Bertz CT molecular complexity index is 421. The van der Waals surface area contributed by atoms with Crippen LogP contribution in [-0.2, 0) is 11.3 Å². The number of para-hydroxylation sites is 1. The second-order valence-electron chi connectivity index (χ2n) is 4.10. The molecule has 0 aromatic heterocycles. The molecule has 0 spiro atoms. The summed E-state index contributed by atoms with van der Waals surface area (Å²) in [4.78, 5) is 11.4. The van der Waals surface area contributed by atoms with Crippen molar-refractivity contribution in [3.63, 3.8) is 0 Å². The smallest absolute Gasteiger partial charge is 0.236 e. The van der Waals surface area contributed by atoms with Crippen molar-refractivity contribution in [2.24, 2.45) is 0 Å². The highest BCUT2D eigenvalue weighted by atomic mass is 16.5. The van der Waals surface area contributed by atoms with Crippen LogP contribution in [0.4, 0.5) is 0 Å². The maximum Gasteiger partial charge on any atom is 0.236 e. The Morgan fingerprint density at radius 3 is 2.74 bits per heavy atom. The maximum absolute atomic E-state index is 11.4. The van der Waals surface area contributed by atoms with Crippen molar-refractivity contribution in [3.8, 4) is 11.5 Å². The molecule has 106 valence electrons. The summed E-state index contributed by atoms with van der Waals surface area (Å²) in [5, 5.41) is 5.75. The van der Waals surface area contributed by atoms with Gasteiger partial charge < -0.3 is 20.1 Å². The van der Waals surface area contributed by atoms with Crippen LogP contribution in [0.2, 0.25) is 0 Å². The lowest BCUT2D eigenvalue weighted by Crippen LogP contribution is -2.40. The third-order valence-electron chi connectivity index (χ3n) is 2.80. The topological polar surface area (TPSA) is 59.6 Å². The number of carbonyl (C=O) groups excluding carboxylic acids is 1. The first-order chi connectivity index (χ1) is 9.13. The molecule has 1 unspecified atom stereocenters. The molecule has 2 N–H and O–H groups in total. The lowest BCUT2D eigenvalue weighted by atomic mass is 10.1. The molecule has 0 fully saturated rings. The van der Waals surface area contributed by atoms with E-state index in [1.165, 1.54) is 0 Å². The first kappa shape index (κ1) is 15.3. The van der Waals surface area contributed by atoms with Crippen LogP contribution in [0, 0.1) is 0 Å². The van der Waals surface area contributed by atoms with Crippen molar-refractivity contribution < 1.29 is 14.3 Å². The van der Waals surface area contributed by atoms with E-state index >= 15 is 0 Å². The summed E-state index contributed by atoms with van der Waals surface area (Å²) in [5.41, 5.74) is 0.962. The molecular formula is C14H22N2O3. The summed E-state index contributed by atoms with van der Waals surface area (Å²) in [6.45, 7) is 4.87. The van der Waals surface area contributed by atoms with Gasteiger partial charge >= 0.3 is 0 Å². The highest BCUT2D eigenvalue weighted by Gasteiger charge is 2.13. The monoisotopic (exact) mass is 266 g/mol. The van der Waals surface area contributed by atoms with E-state index in [4.69, 9.17) is 9.47 Å². The van der Waals surface area contributed by atoms with Gasteiger partial charge in [-0.15, -0.1) is 0 Å². The Balaban J connectivity index is 2.77. The molecule has 5 heteroatoms. The van der Waals surface area contributed by atoms with Crippen LogP contribution < -0.4 is 20.1 Å². The standard InChI is InChI=1S/C14H22N2O3/c1-5-19-12-8-6-7-11(13(12)18-4)9-16-10(2)14(17)15-3/h6-8,10,16H,5,9H2,1-4H3,(H,15,17). The molecule has 0 radical (unpaired) electrons. The number of amides is 1. The minimum absolute atomic E-state index is 0.0417. The summed E-state index contributed by atoms with van der Waals surface area (Å²) in [6.07, 6.45) is 0. The molecule has 19 heavy (non-hydrogen) atoms. The van der Waals surface area contributed by atoms with E-state index in [1.807, 2.05) is 32.0 Å². The van der Waals surface area contributed by atoms with Gasteiger partial charge in [0.05, 0.1) is 19.8 Å². The number of benzene rings is 1. The second kappa shape index (κ2) is 7.63. The summed E-state index contributed by atoms with van der Waals surface area (Å²) < 4.78 is 10.9. The molecule has 0 bridgehead atoms. The van der Waals surface area contributed by atoms with Crippen LogP contribution in [0.25, 0.3) is 0 Å². The van der Waals surface area contributed by atoms with Crippen LogP contribution in [0.15, 0.2) is 18.2 Å². The van der Waals surface area contributed by atoms with Gasteiger partial charge in [-0.3, -0.25) is 4.79 Å². The van der Waals surface area contributed by atoms with E-state index in [-0.39, 0.29) is 11.9 Å². The summed E-state index contributed by atoms with van der Waals surface area (Å²) in [6, 6.07) is 5.47. The largest absolute Gasteiger partial charge is 0.493 e. The van der Waals surface area contributed by atoms with Crippen LogP contribution in [0.5, 0.6) is 11.5 Å². The van der Waals surface area contributed by atoms with Crippen molar-refractivity contribution in [1.29, 1.82) is 0 Å². The van der Waals surface area contributed by atoms with Crippen molar-refractivity contribution in [2.45, 2.75) is 26.4 Å². The molecule has 1 amide bonds. The summed E-state index contributed by atoms with van der Waals surface area (Å²) >= 11 is 0. The van der Waals surface area contributed by atoms with Crippen LogP contribution in [0.1, 0.15) is 19.4 Å². The molecule has 1 aromatic carbocycles. The predicted molar refractivity (Wildman–Crippen MR) is 74.5 cm³/mol. The number of likely N-dealkylation sites (N-methyl/N-ethyl adjacent to an activating group) is 1. The van der Waals surface area contributed by atoms with Gasteiger partial charge in [0.25, 0.3) is 0 Å². The van der Waals surface area contributed by atoms with Crippen LogP contribution in [0.3, 0.4) is 0 Å². The second-order valence-corrected chi connectivity index (χ2v) is 4.10. The van der Waals surface area contributed by atoms with E-state index < -0.39 is 0 Å². The van der Waals surface area contributed by atoms with Gasteiger partial charge in [0, 0.05) is 19.2 Å². The summed E-state index contributed by atoms with van der Waals surface area (Å²) in [5.74, 6) is 1.39. The van der Waals surface area contributed by atoms with Crippen molar-refractivity contribution >= 4 is 5.91 Å². The molecule has 0 aliphatic heterocycles. The lowest BCUT2D eigenvalue weighted by Gasteiger charge is -2.16. The van der Waals surface area contributed by atoms with Crippen molar-refractivity contribution in [1.82, 2.24) is 10.6 Å². The Morgan fingerprint density at radius 2 is 2.16 bits per heavy atom. The highest BCUT2D eigenvalue weighted by molar-refractivity contribution is 5.80. The minimum atomic E-state index is -0.259. The number of rotatable bonds is 7. The van der Waals surface area contributed by atoms with E-state index in [0.29, 0.717) is 18.9 Å². The number of ether oxygens (including phenoxy) is 2. The van der Waals surface area contributed by atoms with Gasteiger partial charge in [-0.2, -0.15) is 0 Å². The number of hydrogen-bond acceptors (Lipinski definition) is 4. The predicted octanol–water partition coefficient (Wildman–Crippen LogP) is 1.32. The molecule has 1 atom stereocenters. The average molecular weight is 266 g/mol. The van der Waals surface area contributed by atoms with Crippen LogP contribution >= 0.6 is 0 Å². The average Bonchev–Trinajstić information content (AvgIpc) is 2.44. The Kier molecular flexibility index (Phi) is 6.15. The van der Waals surface area contributed by atoms with Crippen molar-refractivity contribution in [3.05, 3.63) is 23.8 Å². The molecule has 0 saturated heterocycles. The zero-order valence-electron chi connectivity index (χ0n) is 11.9. The lowest BCUT2D eigenvalue weighted by molar-refractivity contribution is -0.122. The van der Waals surface area contributed by atoms with Crippen LogP contribution in [-0.4, -0.2) is 32.7 Å². The normalized spacial score (nSPS) is 11.8. The van der Waals surface area contributed by atoms with Gasteiger partial charge in [0.1, 0.15) is 0 Å². The highest BCUT2D eigenvalue weighted by Crippen LogP contribution is 2.30. The molecule has 1 rings (SSSR count). The molecule has 0 aliphatic rings. The molecule has 0 aliphatic carbocycles. The Morgan fingerprint density at radius 1 is 1.42 bits per heavy atom. The van der Waals surface area contributed by atoms with E-state index in [9.17, 15) is 4.79 Å². The molecular weight excluding hydrogens is 244 g/mol. The Labute approximate surface area is 114 Å². The number of hydrogen-bond donors (Lipinski definition) is 2. The first-order valence-corrected chi connectivity index (χ1v) is 6.37. The minimum Gasteiger partial charge on any atom is -0.493 e. The third kappa shape index (κ3) is 4.13. The number of carbonyl (C=O) groups is 1. The third-order valence-corrected chi connectivity index (χ3v) is 2.80. The van der Waals surface area contributed by atoms with E-state index in [2.05, 4.69) is 10.6 Å². The van der Waals surface area contributed by atoms with E-state index in [1.54, 1.807) is 14.2 Å². The zero-order valence-corrected chi connectivity index (χ0v) is 11.9. The van der Waals surface area contributed by atoms with Crippen molar-refractivity contribution in [2.75, 3.05) is 20.8 Å². The van der Waals surface area contributed by atoms with Gasteiger partial charge in [-0.25, -0.2) is 0 Å². The molecule has 0 heterocycles. The van der Waals surface area contributed by atoms with Gasteiger partial charge in [-0.1, -0.05) is 12.1 Å². The van der Waals surface area contributed by atoms with Gasteiger partial charge in [0.2, 0.25) is 5.91 Å². The first-order valence-electron chi connectivity index (χ1n) is 6.37.